The summed E-state index contributed by atoms with van der Waals surface area (Å²) in [5.41, 5.74) is 4.66. The van der Waals surface area contributed by atoms with Crippen LogP contribution in [0.25, 0.3) is 0 Å². The van der Waals surface area contributed by atoms with E-state index in [0.29, 0.717) is 60.2 Å². The van der Waals surface area contributed by atoms with Crippen molar-refractivity contribution in [2.75, 3.05) is 18.5 Å². The standard InChI is InChI=1S/C48H56ClN3O7/c1-30(29-59-41-17-22-50-40-14-7-9-32(3)43(40)41)23-35-25-34-15-16-38(58-28-31(2)24-42(53)51-44(45(54)55)33-10-5-4-6-11-33)27-39(34)47(35)18-20-48(21-19-47,46(56)57)52-37-13-8-12-36(49)26-37/h4-6,8,10-13,15-17,22,26-27,30-32,35,44,52H,7,9,14,18-21,23-25,28-29H2,1-3H3,(H,51,53)(H,54,55)(H,56,57)/t30-,31?,32-,35+,44?,47?,48?/m1/s1. The molecule has 2 unspecified atom stereocenters. The van der Waals surface area contributed by atoms with Gasteiger partial charge in [-0.05, 0) is 140 Å². The molecule has 3 aliphatic carbocycles. The van der Waals surface area contributed by atoms with Crippen LogP contribution in [0.15, 0.2) is 85.1 Å². The van der Waals surface area contributed by atoms with Crippen molar-refractivity contribution in [2.45, 2.75) is 108 Å². The summed E-state index contributed by atoms with van der Waals surface area (Å²) in [7, 11) is 0. The van der Waals surface area contributed by atoms with Crippen molar-refractivity contribution in [2.24, 2.45) is 17.8 Å². The first-order valence-electron chi connectivity index (χ1n) is 21.1. The smallest absolute Gasteiger partial charge is 0.330 e. The Balaban J connectivity index is 1.07. The van der Waals surface area contributed by atoms with E-state index in [1.54, 1.807) is 42.5 Å². The number of hydrogen-bond donors (Lipinski definition) is 4. The van der Waals surface area contributed by atoms with Crippen LogP contribution in [0.2, 0.25) is 5.02 Å². The van der Waals surface area contributed by atoms with Crippen molar-refractivity contribution < 1.29 is 34.1 Å². The molecule has 0 bridgehead atoms. The molecule has 0 saturated heterocycles. The average molecular weight is 822 g/mol. The van der Waals surface area contributed by atoms with Crippen LogP contribution >= 0.6 is 11.6 Å². The third-order valence-corrected chi connectivity index (χ3v) is 13.3. The quantitative estimate of drug-likeness (QED) is 0.0868. The van der Waals surface area contributed by atoms with Crippen LogP contribution in [0.4, 0.5) is 5.69 Å². The van der Waals surface area contributed by atoms with E-state index in [2.05, 4.69) is 41.6 Å². The summed E-state index contributed by atoms with van der Waals surface area (Å²) < 4.78 is 12.9. The fourth-order valence-electron chi connectivity index (χ4n) is 9.93. The molecule has 4 N–H and O–H groups in total. The van der Waals surface area contributed by atoms with Gasteiger partial charge in [0.1, 0.15) is 17.0 Å². The molecule has 0 radical (unpaired) electrons. The number of benzene rings is 3. The van der Waals surface area contributed by atoms with Crippen molar-refractivity contribution in [3.63, 3.8) is 0 Å². The van der Waals surface area contributed by atoms with Gasteiger partial charge in [0.15, 0.2) is 6.04 Å². The Kier molecular flexibility index (Phi) is 12.9. The number of hydrogen-bond acceptors (Lipinski definition) is 7. The highest BCUT2D eigenvalue weighted by molar-refractivity contribution is 6.30. The Morgan fingerprint density at radius 1 is 0.915 bits per heavy atom. The van der Waals surface area contributed by atoms with Gasteiger partial charge in [0.2, 0.25) is 5.91 Å². The number of carboxylic acids is 2. The molecule has 1 fully saturated rings. The third kappa shape index (κ3) is 9.38. The maximum Gasteiger partial charge on any atom is 0.330 e. The number of fused-ring (bicyclic) bond motifs is 3. The van der Waals surface area contributed by atoms with Crippen LogP contribution in [0, 0.1) is 17.8 Å². The molecule has 1 aromatic heterocycles. The summed E-state index contributed by atoms with van der Waals surface area (Å²) in [5, 5.41) is 27.1. The lowest BCUT2D eigenvalue weighted by Crippen LogP contribution is -2.53. The van der Waals surface area contributed by atoms with E-state index < -0.39 is 23.5 Å². The molecular weight excluding hydrogens is 766 g/mol. The Morgan fingerprint density at radius 2 is 1.68 bits per heavy atom. The van der Waals surface area contributed by atoms with Crippen molar-refractivity contribution in [1.82, 2.24) is 10.3 Å². The largest absolute Gasteiger partial charge is 0.493 e. The number of ether oxygens (including phenoxy) is 2. The van der Waals surface area contributed by atoms with Crippen LogP contribution in [-0.2, 0) is 32.6 Å². The Morgan fingerprint density at radius 3 is 2.41 bits per heavy atom. The van der Waals surface area contributed by atoms with Gasteiger partial charge >= 0.3 is 11.9 Å². The number of aryl methyl sites for hydroxylation is 1. The monoisotopic (exact) mass is 821 g/mol. The number of pyridine rings is 1. The van der Waals surface area contributed by atoms with E-state index in [4.69, 9.17) is 21.1 Å². The summed E-state index contributed by atoms with van der Waals surface area (Å²) in [6, 6.07) is 23.0. The number of carboxylic acid groups (broad SMARTS) is 2. The first-order valence-corrected chi connectivity index (χ1v) is 21.4. The molecule has 4 aromatic rings. The van der Waals surface area contributed by atoms with Gasteiger partial charge in [0.25, 0.3) is 0 Å². The molecule has 1 amide bonds. The van der Waals surface area contributed by atoms with E-state index in [9.17, 15) is 24.6 Å². The average Bonchev–Trinajstić information content (AvgIpc) is 3.50. The molecule has 3 aromatic carbocycles. The predicted octanol–water partition coefficient (Wildman–Crippen LogP) is 9.55. The van der Waals surface area contributed by atoms with Crippen molar-refractivity contribution >= 4 is 35.1 Å². The molecular formula is C48H56ClN3O7. The summed E-state index contributed by atoms with van der Waals surface area (Å²) in [6.45, 7) is 7.27. The molecule has 5 atom stereocenters. The molecule has 1 saturated carbocycles. The molecule has 0 aliphatic heterocycles. The van der Waals surface area contributed by atoms with Crippen LogP contribution in [-0.4, -0.2) is 51.8 Å². The van der Waals surface area contributed by atoms with Gasteiger partial charge in [-0.25, -0.2) is 9.59 Å². The highest BCUT2D eigenvalue weighted by Crippen LogP contribution is 2.57. The SMILES string of the molecule is CC(COc1ccc2c(c1)C1(CCC(Nc3cccc(Cl)c3)(C(=O)O)CC1)[C@@H](C[C@@H](C)COc1ccnc3c1[C@H](C)CCC3)C2)CC(=O)NC(C(=O)O)c1ccccc1. The summed E-state index contributed by atoms with van der Waals surface area (Å²) >= 11 is 6.30. The lowest BCUT2D eigenvalue weighted by Gasteiger charge is -2.47. The van der Waals surface area contributed by atoms with Crippen molar-refractivity contribution in [1.29, 1.82) is 0 Å². The van der Waals surface area contributed by atoms with Gasteiger partial charge in [-0.3, -0.25) is 9.78 Å². The van der Waals surface area contributed by atoms with E-state index >= 15 is 0 Å². The number of anilines is 1. The topological polar surface area (TPSA) is 147 Å². The summed E-state index contributed by atoms with van der Waals surface area (Å²) in [4.78, 5) is 42.7. The van der Waals surface area contributed by atoms with Crippen LogP contribution in [0.3, 0.4) is 0 Å². The van der Waals surface area contributed by atoms with Crippen molar-refractivity contribution in [3.05, 3.63) is 118 Å². The lowest BCUT2D eigenvalue weighted by molar-refractivity contribution is -0.144. The molecule has 7 rings (SSSR count). The number of nitrogens with zero attached hydrogens (tertiary/aromatic N) is 1. The predicted molar refractivity (Wildman–Crippen MR) is 228 cm³/mol. The maximum atomic E-state index is 13.1. The van der Waals surface area contributed by atoms with E-state index in [1.165, 1.54) is 16.7 Å². The first-order chi connectivity index (χ1) is 28.4. The zero-order chi connectivity index (χ0) is 41.7. The van der Waals surface area contributed by atoms with Crippen LogP contribution < -0.4 is 20.1 Å². The molecule has 10 nitrogen and oxygen atoms in total. The number of nitrogens with one attached hydrogen (secondary N) is 2. The Bertz CT molecular complexity index is 2140. The number of aromatic nitrogens is 1. The number of carbonyl (C=O) groups excluding carboxylic acids is 1. The minimum Gasteiger partial charge on any atom is -0.493 e. The summed E-state index contributed by atoms with van der Waals surface area (Å²) in [6.07, 6.45) is 9.28. The lowest BCUT2D eigenvalue weighted by atomic mass is 9.59. The maximum absolute atomic E-state index is 13.1. The zero-order valence-corrected chi connectivity index (χ0v) is 35.0. The fraction of sp³-hybridized carbons (Fsp3) is 0.458. The van der Waals surface area contributed by atoms with E-state index in [-0.39, 0.29) is 42.1 Å². The highest BCUT2D eigenvalue weighted by atomic mass is 35.5. The molecule has 3 aliphatic rings. The van der Waals surface area contributed by atoms with Gasteiger partial charge in [0.05, 0.1) is 13.2 Å². The molecule has 1 spiro atoms. The minimum atomic E-state index is -1.14. The third-order valence-electron chi connectivity index (χ3n) is 13.0. The minimum absolute atomic E-state index is 0.103. The summed E-state index contributed by atoms with van der Waals surface area (Å²) in [5.74, 6) is 0.0406. The van der Waals surface area contributed by atoms with Crippen molar-refractivity contribution in [3.8, 4) is 11.5 Å². The highest BCUT2D eigenvalue weighted by Gasteiger charge is 2.54. The van der Waals surface area contributed by atoms with Crippen LogP contribution in [0.5, 0.6) is 11.5 Å². The second-order valence-electron chi connectivity index (χ2n) is 17.4. The first kappa shape index (κ1) is 42.0. The molecule has 312 valence electrons. The number of aliphatic carboxylic acids is 2. The number of carbonyl (C=O) groups is 3. The fourth-order valence-corrected chi connectivity index (χ4v) is 10.1. The Labute approximate surface area is 352 Å². The van der Waals surface area contributed by atoms with Gasteiger partial charge in [-0.2, -0.15) is 0 Å². The van der Waals surface area contributed by atoms with Gasteiger partial charge in [-0.1, -0.05) is 74.8 Å². The second kappa shape index (κ2) is 18.0. The molecule has 11 heteroatoms. The zero-order valence-electron chi connectivity index (χ0n) is 34.2. The number of halogens is 1. The van der Waals surface area contributed by atoms with Gasteiger partial charge < -0.3 is 30.3 Å². The number of amides is 1. The molecule has 59 heavy (non-hydrogen) atoms. The normalized spacial score (nSPS) is 23.6. The second-order valence-corrected chi connectivity index (χ2v) is 17.8. The van der Waals surface area contributed by atoms with Gasteiger partial charge in [0, 0.05) is 34.6 Å². The van der Waals surface area contributed by atoms with Crippen LogP contribution in [0.1, 0.15) is 112 Å². The van der Waals surface area contributed by atoms with Gasteiger partial charge in [-0.15, -0.1) is 0 Å². The Hall–Kier alpha value is -5.09. The van der Waals surface area contributed by atoms with E-state index in [1.807, 2.05) is 37.4 Å². The molecule has 1 heterocycles. The number of rotatable bonds is 16. The van der Waals surface area contributed by atoms with E-state index in [0.717, 1.165) is 43.5 Å².